The summed E-state index contributed by atoms with van der Waals surface area (Å²) in [7, 11) is 0. The standard InChI is InChI=1S/C20H27N5O2/c1-14(26)21-10-12-25-19-17(7-4-9-22-19)18(23-25)16-8-11-24(13-16)20(27)15-5-2-3-6-15/h4,7,9,15-16H,2-3,5-6,8,10-13H2,1H3,(H,21,26)/t16-/m1/s1. The predicted molar refractivity (Wildman–Crippen MR) is 102 cm³/mol. The molecule has 2 amide bonds. The Morgan fingerprint density at radius 2 is 2.07 bits per heavy atom. The molecule has 0 bridgehead atoms. The molecule has 1 atom stereocenters. The van der Waals surface area contributed by atoms with Gasteiger partial charge in [0.25, 0.3) is 0 Å². The van der Waals surface area contributed by atoms with Crippen LogP contribution < -0.4 is 5.32 Å². The van der Waals surface area contributed by atoms with Gasteiger partial charge in [0.05, 0.1) is 12.2 Å². The van der Waals surface area contributed by atoms with Gasteiger partial charge in [-0.2, -0.15) is 5.10 Å². The second kappa shape index (κ2) is 7.66. The van der Waals surface area contributed by atoms with E-state index in [-0.39, 0.29) is 17.7 Å². The molecule has 3 heterocycles. The van der Waals surface area contributed by atoms with Crippen LogP contribution in [0.25, 0.3) is 11.0 Å². The molecule has 2 fully saturated rings. The van der Waals surface area contributed by atoms with E-state index < -0.39 is 0 Å². The quantitative estimate of drug-likeness (QED) is 0.875. The third kappa shape index (κ3) is 3.68. The first-order valence-electron chi connectivity index (χ1n) is 9.98. The molecule has 1 saturated carbocycles. The highest BCUT2D eigenvalue weighted by atomic mass is 16.2. The number of aromatic nitrogens is 3. The monoisotopic (exact) mass is 369 g/mol. The van der Waals surface area contributed by atoms with Gasteiger partial charge in [0.15, 0.2) is 5.65 Å². The van der Waals surface area contributed by atoms with E-state index in [1.54, 1.807) is 6.20 Å². The van der Waals surface area contributed by atoms with Crippen molar-refractivity contribution in [3.8, 4) is 0 Å². The number of likely N-dealkylation sites (tertiary alicyclic amines) is 1. The molecular formula is C20H27N5O2. The third-order valence-electron chi connectivity index (χ3n) is 5.82. The first-order valence-corrected chi connectivity index (χ1v) is 9.98. The van der Waals surface area contributed by atoms with Crippen LogP contribution in [0.15, 0.2) is 18.3 Å². The van der Waals surface area contributed by atoms with Gasteiger partial charge in [-0.3, -0.25) is 9.59 Å². The minimum atomic E-state index is -0.0449. The van der Waals surface area contributed by atoms with Crippen molar-refractivity contribution in [2.45, 2.75) is 51.5 Å². The Morgan fingerprint density at radius 3 is 2.85 bits per heavy atom. The molecule has 27 heavy (non-hydrogen) atoms. The number of carbonyl (C=O) groups is 2. The molecule has 2 aromatic rings. The smallest absolute Gasteiger partial charge is 0.225 e. The Morgan fingerprint density at radius 1 is 1.26 bits per heavy atom. The van der Waals surface area contributed by atoms with Crippen molar-refractivity contribution < 1.29 is 9.59 Å². The van der Waals surface area contributed by atoms with Crippen LogP contribution in [0.1, 0.15) is 50.6 Å². The number of fused-ring (bicyclic) bond motifs is 1. The van der Waals surface area contributed by atoms with Crippen LogP contribution in [0.4, 0.5) is 0 Å². The number of nitrogens with one attached hydrogen (secondary N) is 1. The zero-order valence-corrected chi connectivity index (χ0v) is 15.9. The van der Waals surface area contributed by atoms with E-state index in [4.69, 9.17) is 5.10 Å². The third-order valence-corrected chi connectivity index (χ3v) is 5.82. The fourth-order valence-corrected chi connectivity index (χ4v) is 4.44. The molecule has 0 aromatic carbocycles. The molecule has 1 aliphatic carbocycles. The van der Waals surface area contributed by atoms with Crippen molar-refractivity contribution in [3.63, 3.8) is 0 Å². The molecule has 7 nitrogen and oxygen atoms in total. The summed E-state index contributed by atoms with van der Waals surface area (Å²) >= 11 is 0. The minimum absolute atomic E-state index is 0.0449. The van der Waals surface area contributed by atoms with Crippen molar-refractivity contribution in [2.75, 3.05) is 19.6 Å². The molecule has 0 unspecified atom stereocenters. The van der Waals surface area contributed by atoms with E-state index in [2.05, 4.69) is 16.4 Å². The lowest BCUT2D eigenvalue weighted by Crippen LogP contribution is -2.33. The van der Waals surface area contributed by atoms with E-state index in [1.165, 1.54) is 19.8 Å². The van der Waals surface area contributed by atoms with Gasteiger partial charge < -0.3 is 10.2 Å². The van der Waals surface area contributed by atoms with Crippen molar-refractivity contribution in [1.29, 1.82) is 0 Å². The van der Waals surface area contributed by atoms with Crippen molar-refractivity contribution >= 4 is 22.8 Å². The Bertz CT molecular complexity index is 840. The average Bonchev–Trinajstić information content (AvgIpc) is 3.41. The summed E-state index contributed by atoms with van der Waals surface area (Å²) in [6.07, 6.45) is 7.18. The highest BCUT2D eigenvalue weighted by molar-refractivity contribution is 5.81. The lowest BCUT2D eigenvalue weighted by molar-refractivity contribution is -0.134. The van der Waals surface area contributed by atoms with E-state index in [0.717, 1.165) is 49.1 Å². The molecule has 4 rings (SSSR count). The second-order valence-corrected chi connectivity index (χ2v) is 7.72. The fourth-order valence-electron chi connectivity index (χ4n) is 4.44. The number of carbonyl (C=O) groups excluding carboxylic acids is 2. The van der Waals surface area contributed by atoms with E-state index in [1.807, 2.05) is 15.6 Å². The van der Waals surface area contributed by atoms with Crippen LogP contribution in [0.2, 0.25) is 0 Å². The average molecular weight is 369 g/mol. The van der Waals surface area contributed by atoms with Gasteiger partial charge >= 0.3 is 0 Å². The summed E-state index contributed by atoms with van der Waals surface area (Å²) in [5.41, 5.74) is 1.88. The number of hydrogen-bond acceptors (Lipinski definition) is 4. The van der Waals surface area contributed by atoms with Crippen molar-refractivity contribution in [2.24, 2.45) is 5.92 Å². The predicted octanol–water partition coefficient (Wildman–Crippen LogP) is 2.07. The number of nitrogens with zero attached hydrogens (tertiary/aromatic N) is 4. The molecule has 2 aromatic heterocycles. The van der Waals surface area contributed by atoms with E-state index in [9.17, 15) is 9.59 Å². The van der Waals surface area contributed by atoms with Crippen LogP contribution >= 0.6 is 0 Å². The van der Waals surface area contributed by atoms with Crippen LogP contribution in [0.3, 0.4) is 0 Å². The van der Waals surface area contributed by atoms with Gasteiger partial charge in [-0.25, -0.2) is 9.67 Å². The summed E-state index contributed by atoms with van der Waals surface area (Å²) in [5, 5.41) is 8.69. The highest BCUT2D eigenvalue weighted by Gasteiger charge is 2.34. The summed E-state index contributed by atoms with van der Waals surface area (Å²) in [6, 6.07) is 3.99. The molecule has 7 heteroatoms. The van der Waals surface area contributed by atoms with E-state index >= 15 is 0 Å². The lowest BCUT2D eigenvalue weighted by Gasteiger charge is -2.20. The zero-order chi connectivity index (χ0) is 18.8. The molecular weight excluding hydrogens is 342 g/mol. The Balaban J connectivity index is 1.51. The lowest BCUT2D eigenvalue weighted by atomic mass is 10.0. The number of amides is 2. The maximum absolute atomic E-state index is 12.7. The highest BCUT2D eigenvalue weighted by Crippen LogP contribution is 2.34. The number of hydrogen-bond donors (Lipinski definition) is 1. The molecule has 1 aliphatic heterocycles. The SMILES string of the molecule is CC(=O)NCCn1nc([C@@H]2CCN(C(=O)C3CCCC3)C2)c2cccnc21. The summed E-state index contributed by atoms with van der Waals surface area (Å²) in [4.78, 5) is 30.4. The molecule has 0 spiro atoms. The topological polar surface area (TPSA) is 80.1 Å². The van der Waals surface area contributed by atoms with Gasteiger partial charge in [0, 0.05) is 50.0 Å². The summed E-state index contributed by atoms with van der Waals surface area (Å²) in [6.45, 7) is 4.20. The van der Waals surface area contributed by atoms with E-state index in [0.29, 0.717) is 19.0 Å². The van der Waals surface area contributed by atoms with Crippen LogP contribution in [-0.4, -0.2) is 51.1 Å². The molecule has 0 radical (unpaired) electrons. The molecule has 144 valence electrons. The Hall–Kier alpha value is -2.44. The van der Waals surface area contributed by atoms with Gasteiger partial charge in [-0.1, -0.05) is 12.8 Å². The van der Waals surface area contributed by atoms with Gasteiger partial charge in [-0.05, 0) is 31.4 Å². The minimum Gasteiger partial charge on any atom is -0.354 e. The first-order chi connectivity index (χ1) is 13.1. The van der Waals surface area contributed by atoms with Crippen LogP contribution in [0, 0.1) is 5.92 Å². The Kier molecular flexibility index (Phi) is 5.09. The van der Waals surface area contributed by atoms with Gasteiger partial charge in [-0.15, -0.1) is 0 Å². The molecule has 1 saturated heterocycles. The molecule has 2 aliphatic rings. The van der Waals surface area contributed by atoms with Gasteiger partial charge in [0.2, 0.25) is 11.8 Å². The number of rotatable bonds is 5. The van der Waals surface area contributed by atoms with Crippen LogP contribution in [-0.2, 0) is 16.1 Å². The fraction of sp³-hybridized carbons (Fsp3) is 0.600. The van der Waals surface area contributed by atoms with Gasteiger partial charge in [0.1, 0.15) is 0 Å². The van der Waals surface area contributed by atoms with Crippen LogP contribution in [0.5, 0.6) is 0 Å². The Labute approximate surface area is 159 Å². The summed E-state index contributed by atoms with van der Waals surface area (Å²) < 4.78 is 1.88. The zero-order valence-electron chi connectivity index (χ0n) is 15.9. The van der Waals surface area contributed by atoms with Crippen molar-refractivity contribution in [1.82, 2.24) is 25.0 Å². The largest absolute Gasteiger partial charge is 0.354 e. The normalized spacial score (nSPS) is 20.5. The molecule has 1 N–H and O–H groups in total. The van der Waals surface area contributed by atoms with Crippen molar-refractivity contribution in [3.05, 3.63) is 24.0 Å². The second-order valence-electron chi connectivity index (χ2n) is 7.72. The maximum Gasteiger partial charge on any atom is 0.225 e. The first kappa shape index (κ1) is 17.9. The number of pyridine rings is 1. The summed E-state index contributed by atoms with van der Waals surface area (Å²) in [5.74, 6) is 0.778. The maximum atomic E-state index is 12.7.